The molecule has 0 radical (unpaired) electrons. The topological polar surface area (TPSA) is 44.5 Å². The number of nitrogens with two attached hydrogens (primary N) is 1. The summed E-state index contributed by atoms with van der Waals surface area (Å²) in [5, 5.41) is 0. The van der Waals surface area contributed by atoms with Crippen molar-refractivity contribution >= 4 is 0 Å². The van der Waals surface area contributed by atoms with Gasteiger partial charge in [-0.15, -0.1) is 0 Å². The van der Waals surface area contributed by atoms with Crippen molar-refractivity contribution in [3.05, 3.63) is 35.6 Å². The Kier molecular flexibility index (Phi) is 7.57. The highest BCUT2D eigenvalue weighted by Crippen LogP contribution is 2.07. The monoisotopic (exact) mass is 255 g/mol. The molecule has 0 saturated heterocycles. The Labute approximate surface area is 108 Å². The summed E-state index contributed by atoms with van der Waals surface area (Å²) in [6.45, 7) is 2.05. The van der Waals surface area contributed by atoms with Crippen LogP contribution in [0.15, 0.2) is 24.3 Å². The first-order valence-corrected chi connectivity index (χ1v) is 6.29. The summed E-state index contributed by atoms with van der Waals surface area (Å²) in [5.41, 5.74) is 6.90. The van der Waals surface area contributed by atoms with Crippen LogP contribution < -0.4 is 5.73 Å². The summed E-state index contributed by atoms with van der Waals surface area (Å²) >= 11 is 0. The van der Waals surface area contributed by atoms with E-state index in [1.54, 1.807) is 13.2 Å². The zero-order chi connectivity index (χ0) is 13.2. The van der Waals surface area contributed by atoms with Crippen LogP contribution in [0.5, 0.6) is 0 Å². The van der Waals surface area contributed by atoms with E-state index >= 15 is 0 Å². The molecule has 0 aliphatic heterocycles. The van der Waals surface area contributed by atoms with Gasteiger partial charge in [-0.3, -0.25) is 0 Å². The van der Waals surface area contributed by atoms with Crippen LogP contribution in [0.1, 0.15) is 18.4 Å². The molecule has 102 valence electrons. The van der Waals surface area contributed by atoms with Crippen molar-refractivity contribution in [2.24, 2.45) is 5.73 Å². The lowest BCUT2D eigenvalue weighted by Crippen LogP contribution is -2.24. The van der Waals surface area contributed by atoms with Gasteiger partial charge in [0, 0.05) is 33.0 Å². The second-order valence-electron chi connectivity index (χ2n) is 4.34. The Bertz CT molecular complexity index is 333. The average molecular weight is 255 g/mol. The lowest BCUT2D eigenvalue weighted by atomic mass is 10.0. The first-order valence-electron chi connectivity index (χ1n) is 6.29. The minimum Gasteiger partial charge on any atom is -0.385 e. The zero-order valence-electron chi connectivity index (χ0n) is 10.9. The second kappa shape index (κ2) is 9.03. The van der Waals surface area contributed by atoms with E-state index in [9.17, 15) is 4.39 Å². The fourth-order valence-electron chi connectivity index (χ4n) is 1.71. The molecular weight excluding hydrogens is 233 g/mol. The van der Waals surface area contributed by atoms with Gasteiger partial charge >= 0.3 is 0 Å². The fourth-order valence-corrected chi connectivity index (χ4v) is 1.71. The van der Waals surface area contributed by atoms with Crippen molar-refractivity contribution in [3.8, 4) is 0 Å². The first kappa shape index (κ1) is 15.1. The SMILES string of the molecule is COCCCOCCC(N)Cc1cccc(F)c1. The van der Waals surface area contributed by atoms with Crippen LogP contribution in [0.25, 0.3) is 0 Å². The minimum absolute atomic E-state index is 0.00854. The smallest absolute Gasteiger partial charge is 0.123 e. The third-order valence-corrected chi connectivity index (χ3v) is 2.66. The Morgan fingerprint density at radius 1 is 1.28 bits per heavy atom. The summed E-state index contributed by atoms with van der Waals surface area (Å²) < 4.78 is 23.3. The maximum absolute atomic E-state index is 13.0. The lowest BCUT2D eigenvalue weighted by molar-refractivity contribution is 0.0984. The summed E-state index contributed by atoms with van der Waals surface area (Å²) in [6, 6.07) is 6.57. The molecule has 2 N–H and O–H groups in total. The van der Waals surface area contributed by atoms with Gasteiger partial charge in [-0.2, -0.15) is 0 Å². The van der Waals surface area contributed by atoms with Crippen LogP contribution in [0, 0.1) is 5.82 Å². The molecule has 3 nitrogen and oxygen atoms in total. The molecule has 0 fully saturated rings. The van der Waals surface area contributed by atoms with Crippen LogP contribution in [0.4, 0.5) is 4.39 Å². The largest absolute Gasteiger partial charge is 0.385 e. The molecule has 1 unspecified atom stereocenters. The molecule has 0 spiro atoms. The molecule has 1 aromatic carbocycles. The number of hydrogen-bond acceptors (Lipinski definition) is 3. The van der Waals surface area contributed by atoms with E-state index in [0.717, 1.165) is 25.0 Å². The predicted molar refractivity (Wildman–Crippen MR) is 70.0 cm³/mol. The molecule has 0 bridgehead atoms. The number of rotatable bonds is 9. The Morgan fingerprint density at radius 3 is 2.83 bits per heavy atom. The fraction of sp³-hybridized carbons (Fsp3) is 0.571. The molecule has 0 heterocycles. The molecule has 1 atom stereocenters. The van der Waals surface area contributed by atoms with Crippen molar-refractivity contribution in [1.29, 1.82) is 0 Å². The van der Waals surface area contributed by atoms with E-state index in [1.807, 2.05) is 6.07 Å². The molecule has 1 aromatic rings. The number of methoxy groups -OCH3 is 1. The van der Waals surface area contributed by atoms with Crippen LogP contribution in [0.3, 0.4) is 0 Å². The average Bonchev–Trinajstić information content (AvgIpc) is 2.33. The van der Waals surface area contributed by atoms with Gasteiger partial charge in [0.1, 0.15) is 5.82 Å². The highest BCUT2D eigenvalue weighted by Gasteiger charge is 2.04. The highest BCUT2D eigenvalue weighted by molar-refractivity contribution is 5.17. The number of ether oxygens (including phenoxy) is 2. The quantitative estimate of drug-likeness (QED) is 0.688. The van der Waals surface area contributed by atoms with Gasteiger partial charge in [0.05, 0.1) is 0 Å². The summed E-state index contributed by atoms with van der Waals surface area (Å²) in [5.74, 6) is -0.212. The van der Waals surface area contributed by atoms with E-state index < -0.39 is 0 Å². The lowest BCUT2D eigenvalue weighted by Gasteiger charge is -2.12. The Hall–Kier alpha value is -0.970. The van der Waals surface area contributed by atoms with Gasteiger partial charge in [-0.1, -0.05) is 12.1 Å². The molecule has 0 saturated carbocycles. The third-order valence-electron chi connectivity index (χ3n) is 2.66. The van der Waals surface area contributed by atoms with Gasteiger partial charge in [0.25, 0.3) is 0 Å². The van der Waals surface area contributed by atoms with Crippen molar-refractivity contribution in [3.63, 3.8) is 0 Å². The van der Waals surface area contributed by atoms with Crippen molar-refractivity contribution in [2.75, 3.05) is 26.9 Å². The molecule has 0 aliphatic carbocycles. The zero-order valence-corrected chi connectivity index (χ0v) is 10.9. The number of benzene rings is 1. The van der Waals surface area contributed by atoms with Crippen LogP contribution >= 0.6 is 0 Å². The molecule has 0 aliphatic rings. The highest BCUT2D eigenvalue weighted by atomic mass is 19.1. The van der Waals surface area contributed by atoms with Crippen molar-refractivity contribution in [2.45, 2.75) is 25.3 Å². The molecule has 1 rings (SSSR count). The summed E-state index contributed by atoms with van der Waals surface area (Å²) in [7, 11) is 1.68. The Balaban J connectivity index is 2.12. The number of halogens is 1. The van der Waals surface area contributed by atoms with Crippen molar-refractivity contribution in [1.82, 2.24) is 0 Å². The van der Waals surface area contributed by atoms with Gasteiger partial charge in [0.15, 0.2) is 0 Å². The minimum atomic E-state index is -0.212. The summed E-state index contributed by atoms with van der Waals surface area (Å²) in [6.07, 6.45) is 2.36. The van der Waals surface area contributed by atoms with Gasteiger partial charge < -0.3 is 15.2 Å². The van der Waals surface area contributed by atoms with E-state index in [4.69, 9.17) is 15.2 Å². The van der Waals surface area contributed by atoms with Gasteiger partial charge in [-0.05, 0) is 37.0 Å². The molecule has 0 aromatic heterocycles. The van der Waals surface area contributed by atoms with E-state index in [2.05, 4.69) is 0 Å². The van der Waals surface area contributed by atoms with Gasteiger partial charge in [-0.25, -0.2) is 4.39 Å². The third kappa shape index (κ3) is 6.69. The standard InChI is InChI=1S/C14H22FNO2/c1-17-7-3-8-18-9-6-14(16)11-12-4-2-5-13(15)10-12/h2,4-5,10,14H,3,6-9,11,16H2,1H3. The van der Waals surface area contributed by atoms with E-state index in [1.165, 1.54) is 12.1 Å². The van der Waals surface area contributed by atoms with Crippen molar-refractivity contribution < 1.29 is 13.9 Å². The predicted octanol–water partition coefficient (Wildman–Crippen LogP) is 2.14. The Morgan fingerprint density at radius 2 is 2.11 bits per heavy atom. The van der Waals surface area contributed by atoms with E-state index in [0.29, 0.717) is 19.6 Å². The van der Waals surface area contributed by atoms with Crippen LogP contribution in [-0.4, -0.2) is 33.0 Å². The molecule has 4 heteroatoms. The normalized spacial score (nSPS) is 12.6. The summed E-state index contributed by atoms with van der Waals surface area (Å²) in [4.78, 5) is 0. The van der Waals surface area contributed by atoms with Gasteiger partial charge in [0.2, 0.25) is 0 Å². The molecule has 0 amide bonds. The number of hydrogen-bond donors (Lipinski definition) is 1. The molecule has 18 heavy (non-hydrogen) atoms. The maximum atomic E-state index is 13.0. The van der Waals surface area contributed by atoms with Crippen LogP contribution in [-0.2, 0) is 15.9 Å². The van der Waals surface area contributed by atoms with E-state index in [-0.39, 0.29) is 11.9 Å². The first-order chi connectivity index (χ1) is 8.72. The maximum Gasteiger partial charge on any atom is 0.123 e. The van der Waals surface area contributed by atoms with Crippen LogP contribution in [0.2, 0.25) is 0 Å². The molecular formula is C14H22FNO2. The second-order valence-corrected chi connectivity index (χ2v) is 4.34.